The molecule has 8 heteroatoms. The minimum absolute atomic E-state index is 0.257. The van der Waals surface area contributed by atoms with Gasteiger partial charge >= 0.3 is 0 Å². The predicted molar refractivity (Wildman–Crippen MR) is 131 cm³/mol. The minimum Gasteiger partial charge on any atom is -0.486 e. The summed E-state index contributed by atoms with van der Waals surface area (Å²) in [7, 11) is 0. The zero-order valence-corrected chi connectivity index (χ0v) is 18.7. The van der Waals surface area contributed by atoms with Crippen molar-refractivity contribution >= 4 is 38.7 Å². The molecule has 3 aromatic carbocycles. The van der Waals surface area contributed by atoms with E-state index in [0.717, 1.165) is 55.8 Å². The summed E-state index contributed by atoms with van der Waals surface area (Å²) in [5.41, 5.74) is 3.45. The van der Waals surface area contributed by atoms with Crippen molar-refractivity contribution < 1.29 is 4.74 Å². The molecule has 1 N–H and O–H groups in total. The van der Waals surface area contributed by atoms with Crippen molar-refractivity contribution in [2.45, 2.75) is 20.5 Å². The lowest BCUT2D eigenvalue weighted by Crippen LogP contribution is -2.05. The monoisotopic (exact) mass is 447 g/mol. The van der Waals surface area contributed by atoms with Crippen LogP contribution >= 0.6 is 0 Å². The molecule has 0 fully saturated rings. The van der Waals surface area contributed by atoms with E-state index >= 15 is 0 Å². The van der Waals surface area contributed by atoms with Gasteiger partial charge in [0, 0.05) is 27.2 Å². The van der Waals surface area contributed by atoms with E-state index < -0.39 is 0 Å². The van der Waals surface area contributed by atoms with Crippen LogP contribution in [0.25, 0.3) is 27.2 Å². The van der Waals surface area contributed by atoms with E-state index in [-0.39, 0.29) is 6.61 Å². The molecular formula is C26H21N7O. The summed E-state index contributed by atoms with van der Waals surface area (Å²) in [5, 5.41) is 29.5. The third-order valence-corrected chi connectivity index (χ3v) is 5.87. The van der Waals surface area contributed by atoms with Gasteiger partial charge in [-0.15, -0.1) is 15.3 Å². The first-order chi connectivity index (χ1) is 16.7. The van der Waals surface area contributed by atoms with E-state index in [0.29, 0.717) is 5.82 Å². The van der Waals surface area contributed by atoms with Crippen molar-refractivity contribution in [3.63, 3.8) is 0 Å². The number of aromatic nitrogens is 6. The number of nitrogens with one attached hydrogen (secondary N) is 1. The summed E-state index contributed by atoms with van der Waals surface area (Å²) < 4.78 is 7.74. The number of benzene rings is 3. The van der Waals surface area contributed by atoms with Gasteiger partial charge in [-0.05, 0) is 38.1 Å². The van der Waals surface area contributed by atoms with Gasteiger partial charge in [0.2, 0.25) is 0 Å². The summed E-state index contributed by atoms with van der Waals surface area (Å²) in [6.45, 7) is 4.20. The second-order valence-electron chi connectivity index (χ2n) is 8.10. The van der Waals surface area contributed by atoms with Crippen LogP contribution in [0.4, 0.5) is 11.5 Å². The van der Waals surface area contributed by atoms with E-state index in [1.54, 1.807) is 4.52 Å². The molecule has 3 heterocycles. The lowest BCUT2D eigenvalue weighted by atomic mass is 10.1. The average Bonchev–Trinajstić information content (AvgIpc) is 3.28. The van der Waals surface area contributed by atoms with Gasteiger partial charge in [0.25, 0.3) is 0 Å². The first-order valence-corrected chi connectivity index (χ1v) is 11.0. The summed E-state index contributed by atoms with van der Waals surface area (Å²) in [5.74, 6) is 2.09. The highest BCUT2D eigenvalue weighted by atomic mass is 16.5. The van der Waals surface area contributed by atoms with Gasteiger partial charge in [-0.3, -0.25) is 0 Å². The van der Waals surface area contributed by atoms with Gasteiger partial charge in [0.15, 0.2) is 17.3 Å². The van der Waals surface area contributed by atoms with Crippen LogP contribution in [0, 0.1) is 13.8 Å². The van der Waals surface area contributed by atoms with Crippen LogP contribution in [-0.4, -0.2) is 30.0 Å². The third-order valence-electron chi connectivity index (χ3n) is 5.87. The number of rotatable bonds is 5. The van der Waals surface area contributed by atoms with Crippen LogP contribution < -0.4 is 10.1 Å². The highest BCUT2D eigenvalue weighted by Crippen LogP contribution is 2.26. The molecule has 166 valence electrons. The standard InChI is InChI=1S/C26H21N7O/c1-16-20-7-3-5-9-22(20)25(30-28-16)27-18-11-13-19(14-12-18)34-15-24-29-31-26-23-10-6-4-8-21(23)17(2)32-33(24)26/h3-14H,15H2,1-2H3,(H,27,30). The number of nitrogens with zero attached hydrogens (tertiary/aromatic N) is 6. The number of fused-ring (bicyclic) bond motifs is 4. The van der Waals surface area contributed by atoms with Gasteiger partial charge < -0.3 is 10.1 Å². The van der Waals surface area contributed by atoms with E-state index in [1.807, 2.05) is 80.6 Å². The lowest BCUT2D eigenvalue weighted by molar-refractivity contribution is 0.292. The molecular weight excluding hydrogens is 426 g/mol. The molecule has 0 unspecified atom stereocenters. The molecule has 0 aliphatic rings. The van der Waals surface area contributed by atoms with Crippen molar-refractivity contribution in [3.8, 4) is 5.75 Å². The van der Waals surface area contributed by atoms with Crippen LogP contribution in [-0.2, 0) is 6.61 Å². The molecule has 6 aromatic rings. The Hall–Kier alpha value is -4.59. The highest BCUT2D eigenvalue weighted by molar-refractivity contribution is 5.95. The van der Waals surface area contributed by atoms with Gasteiger partial charge in [-0.1, -0.05) is 48.5 Å². The van der Waals surface area contributed by atoms with Crippen LogP contribution in [0.15, 0.2) is 72.8 Å². The topological polar surface area (TPSA) is 90.1 Å². The number of ether oxygens (including phenoxy) is 1. The lowest BCUT2D eigenvalue weighted by Gasteiger charge is -2.10. The summed E-state index contributed by atoms with van der Waals surface area (Å²) in [6, 6.07) is 23.9. The Morgan fingerprint density at radius 1 is 0.706 bits per heavy atom. The van der Waals surface area contributed by atoms with E-state index in [1.165, 1.54) is 0 Å². The molecule has 34 heavy (non-hydrogen) atoms. The van der Waals surface area contributed by atoms with Crippen LogP contribution in [0.5, 0.6) is 5.75 Å². The summed E-state index contributed by atoms with van der Waals surface area (Å²) in [4.78, 5) is 0. The van der Waals surface area contributed by atoms with Crippen molar-refractivity contribution in [3.05, 3.63) is 90.0 Å². The Morgan fingerprint density at radius 2 is 1.38 bits per heavy atom. The maximum absolute atomic E-state index is 5.98. The third kappa shape index (κ3) is 3.45. The van der Waals surface area contributed by atoms with Gasteiger partial charge in [0.1, 0.15) is 12.4 Å². The molecule has 0 amide bonds. The van der Waals surface area contributed by atoms with E-state index in [4.69, 9.17) is 4.74 Å². The molecule has 0 aliphatic heterocycles. The minimum atomic E-state index is 0.257. The molecule has 8 nitrogen and oxygen atoms in total. The Kier molecular flexibility index (Phi) is 4.76. The Balaban J connectivity index is 1.21. The highest BCUT2D eigenvalue weighted by Gasteiger charge is 2.13. The summed E-state index contributed by atoms with van der Waals surface area (Å²) >= 11 is 0. The van der Waals surface area contributed by atoms with E-state index in [2.05, 4.69) is 36.9 Å². The fourth-order valence-corrected chi connectivity index (χ4v) is 4.12. The van der Waals surface area contributed by atoms with Crippen LogP contribution in [0.3, 0.4) is 0 Å². The summed E-state index contributed by atoms with van der Waals surface area (Å²) in [6.07, 6.45) is 0. The number of hydrogen-bond acceptors (Lipinski definition) is 7. The Bertz CT molecular complexity index is 1660. The number of hydrogen-bond donors (Lipinski definition) is 1. The second kappa shape index (κ2) is 8.08. The van der Waals surface area contributed by atoms with E-state index in [9.17, 15) is 0 Å². The molecule has 3 aromatic heterocycles. The first-order valence-electron chi connectivity index (χ1n) is 11.0. The molecule has 0 bridgehead atoms. The Labute approximate surface area is 195 Å². The largest absolute Gasteiger partial charge is 0.486 e. The first kappa shape index (κ1) is 20.0. The average molecular weight is 448 g/mol. The second-order valence-corrected chi connectivity index (χ2v) is 8.10. The maximum Gasteiger partial charge on any atom is 0.192 e. The molecule has 0 spiro atoms. The molecule has 0 saturated carbocycles. The predicted octanol–water partition coefficient (Wildman–Crippen LogP) is 5.16. The van der Waals surface area contributed by atoms with Crippen molar-refractivity contribution in [1.82, 2.24) is 30.0 Å². The number of anilines is 2. The SMILES string of the molecule is Cc1nnc(Nc2ccc(OCc3nnc4c5ccccc5c(C)nn34)cc2)c2ccccc12. The molecule has 6 rings (SSSR count). The van der Waals surface area contributed by atoms with Crippen molar-refractivity contribution in [2.24, 2.45) is 0 Å². The van der Waals surface area contributed by atoms with Gasteiger partial charge in [-0.2, -0.15) is 14.7 Å². The zero-order chi connectivity index (χ0) is 23.1. The fourth-order valence-electron chi connectivity index (χ4n) is 4.12. The quantitative estimate of drug-likeness (QED) is 0.390. The Morgan fingerprint density at radius 3 is 2.15 bits per heavy atom. The van der Waals surface area contributed by atoms with Crippen LogP contribution in [0.2, 0.25) is 0 Å². The van der Waals surface area contributed by atoms with Crippen molar-refractivity contribution in [2.75, 3.05) is 5.32 Å². The fraction of sp³-hybridized carbons (Fsp3) is 0.115. The zero-order valence-electron chi connectivity index (χ0n) is 18.7. The van der Waals surface area contributed by atoms with Crippen molar-refractivity contribution in [1.29, 1.82) is 0 Å². The van der Waals surface area contributed by atoms with Gasteiger partial charge in [-0.25, -0.2) is 0 Å². The van der Waals surface area contributed by atoms with Gasteiger partial charge in [0.05, 0.1) is 11.4 Å². The normalized spacial score (nSPS) is 11.4. The van der Waals surface area contributed by atoms with Crippen LogP contribution in [0.1, 0.15) is 17.2 Å². The maximum atomic E-state index is 5.98. The molecule has 0 radical (unpaired) electrons. The number of aryl methyl sites for hydroxylation is 2. The molecule has 0 atom stereocenters. The molecule has 0 saturated heterocycles. The molecule has 0 aliphatic carbocycles. The smallest absolute Gasteiger partial charge is 0.192 e.